The van der Waals surface area contributed by atoms with Crippen LogP contribution in [-0.4, -0.2) is 23.2 Å². The molecule has 0 amide bonds. The maximum atomic E-state index is 12.2. The Balaban J connectivity index is 2.08. The number of aromatic carboxylic acids is 1. The van der Waals surface area contributed by atoms with Crippen LogP contribution in [0.15, 0.2) is 53.3 Å². The zero-order chi connectivity index (χ0) is 18.0. The highest BCUT2D eigenvalue weighted by molar-refractivity contribution is 6.04. The van der Waals surface area contributed by atoms with E-state index in [4.69, 9.17) is 4.74 Å². The van der Waals surface area contributed by atoms with Crippen LogP contribution in [0.2, 0.25) is 0 Å². The Labute approximate surface area is 144 Å². The molecular weight excluding hydrogens is 320 g/mol. The van der Waals surface area contributed by atoms with Gasteiger partial charge in [0.25, 0.3) is 5.56 Å². The molecule has 0 bridgehead atoms. The lowest BCUT2D eigenvalue weighted by molar-refractivity contribution is 0.0696. The standard InChI is InChI=1S/C19H18N2O4/c1-11(12-7-9-13(25-2)10-8-12)20-17-14-5-3-4-6-15(14)21-18(22)16(17)19(23)24/h3-11H,1-2H3,(H,23,24)(H2,20,21,22). The highest BCUT2D eigenvalue weighted by Gasteiger charge is 2.20. The van der Waals surface area contributed by atoms with E-state index in [0.29, 0.717) is 16.6 Å². The number of benzene rings is 2. The van der Waals surface area contributed by atoms with Crippen molar-refractivity contribution in [1.82, 2.24) is 4.98 Å². The molecule has 2 aromatic carbocycles. The van der Waals surface area contributed by atoms with Crippen molar-refractivity contribution in [2.45, 2.75) is 13.0 Å². The van der Waals surface area contributed by atoms with Crippen molar-refractivity contribution < 1.29 is 14.6 Å². The van der Waals surface area contributed by atoms with Gasteiger partial charge in [-0.25, -0.2) is 4.79 Å². The van der Waals surface area contributed by atoms with Gasteiger partial charge in [-0.2, -0.15) is 0 Å². The van der Waals surface area contributed by atoms with Crippen LogP contribution in [0.25, 0.3) is 10.9 Å². The normalized spacial score (nSPS) is 11.9. The van der Waals surface area contributed by atoms with Gasteiger partial charge in [-0.05, 0) is 30.7 Å². The molecule has 0 radical (unpaired) electrons. The second-order valence-electron chi connectivity index (χ2n) is 5.69. The molecule has 0 fully saturated rings. The summed E-state index contributed by atoms with van der Waals surface area (Å²) >= 11 is 0. The van der Waals surface area contributed by atoms with Crippen molar-refractivity contribution in [1.29, 1.82) is 0 Å². The summed E-state index contributed by atoms with van der Waals surface area (Å²) in [5.41, 5.74) is 0.924. The number of nitrogens with one attached hydrogen (secondary N) is 2. The number of carboxylic acid groups (broad SMARTS) is 1. The maximum Gasteiger partial charge on any atom is 0.343 e. The molecule has 1 unspecified atom stereocenters. The molecule has 3 rings (SSSR count). The maximum absolute atomic E-state index is 12.2. The summed E-state index contributed by atoms with van der Waals surface area (Å²) in [5.74, 6) is -0.528. The molecule has 1 aromatic heterocycles. The van der Waals surface area contributed by atoms with Gasteiger partial charge in [0.1, 0.15) is 11.3 Å². The van der Waals surface area contributed by atoms with Crippen molar-refractivity contribution >= 4 is 22.6 Å². The first kappa shape index (κ1) is 16.6. The molecule has 0 spiro atoms. The molecule has 25 heavy (non-hydrogen) atoms. The number of aromatic amines is 1. The number of hydrogen-bond donors (Lipinski definition) is 3. The molecule has 0 saturated carbocycles. The minimum absolute atomic E-state index is 0.200. The number of methoxy groups -OCH3 is 1. The largest absolute Gasteiger partial charge is 0.497 e. The lowest BCUT2D eigenvalue weighted by atomic mass is 10.0. The van der Waals surface area contributed by atoms with E-state index in [1.54, 1.807) is 31.4 Å². The average Bonchev–Trinajstić information content (AvgIpc) is 2.61. The van der Waals surface area contributed by atoms with E-state index < -0.39 is 11.5 Å². The zero-order valence-corrected chi connectivity index (χ0v) is 13.9. The number of rotatable bonds is 5. The summed E-state index contributed by atoms with van der Waals surface area (Å²) in [6, 6.07) is 14.4. The van der Waals surface area contributed by atoms with Crippen LogP contribution in [-0.2, 0) is 0 Å². The highest BCUT2D eigenvalue weighted by Crippen LogP contribution is 2.28. The molecule has 6 heteroatoms. The SMILES string of the molecule is COc1ccc(C(C)Nc2c(C(=O)O)c(=O)[nH]c3ccccc23)cc1. The molecule has 0 saturated heterocycles. The summed E-state index contributed by atoms with van der Waals surface area (Å²) in [7, 11) is 1.60. The Morgan fingerprint density at radius 2 is 1.84 bits per heavy atom. The Bertz CT molecular complexity index is 977. The monoisotopic (exact) mass is 338 g/mol. The fourth-order valence-corrected chi connectivity index (χ4v) is 2.79. The fourth-order valence-electron chi connectivity index (χ4n) is 2.79. The predicted octanol–water partition coefficient (Wildman–Crippen LogP) is 3.41. The van der Waals surface area contributed by atoms with Gasteiger partial charge in [0.15, 0.2) is 0 Å². The average molecular weight is 338 g/mol. The van der Waals surface area contributed by atoms with Gasteiger partial charge in [0.2, 0.25) is 0 Å². The third kappa shape index (κ3) is 3.19. The first-order valence-electron chi connectivity index (χ1n) is 7.80. The lowest BCUT2D eigenvalue weighted by Crippen LogP contribution is -2.22. The van der Waals surface area contributed by atoms with Gasteiger partial charge in [-0.15, -0.1) is 0 Å². The minimum atomic E-state index is -1.27. The number of carboxylic acids is 1. The number of para-hydroxylation sites is 1. The van der Waals surface area contributed by atoms with E-state index in [0.717, 1.165) is 11.3 Å². The second kappa shape index (κ2) is 6.68. The second-order valence-corrected chi connectivity index (χ2v) is 5.69. The fraction of sp³-hybridized carbons (Fsp3) is 0.158. The summed E-state index contributed by atoms with van der Waals surface area (Å²) in [6.45, 7) is 1.91. The van der Waals surface area contributed by atoms with Gasteiger partial charge in [0, 0.05) is 11.4 Å². The molecule has 1 atom stereocenters. The van der Waals surface area contributed by atoms with Crippen LogP contribution in [0.4, 0.5) is 5.69 Å². The number of hydrogen-bond acceptors (Lipinski definition) is 4. The smallest absolute Gasteiger partial charge is 0.343 e. The van der Waals surface area contributed by atoms with Gasteiger partial charge in [-0.3, -0.25) is 4.79 Å². The molecule has 3 N–H and O–H groups in total. The Morgan fingerprint density at radius 1 is 1.16 bits per heavy atom. The van der Waals surface area contributed by atoms with E-state index in [2.05, 4.69) is 10.3 Å². The molecule has 0 aliphatic heterocycles. The first-order valence-corrected chi connectivity index (χ1v) is 7.80. The molecule has 1 heterocycles. The summed E-state index contributed by atoms with van der Waals surface area (Å²) < 4.78 is 5.15. The quantitative estimate of drug-likeness (QED) is 0.663. The van der Waals surface area contributed by atoms with Gasteiger partial charge in [0.05, 0.1) is 18.3 Å². The van der Waals surface area contributed by atoms with E-state index in [9.17, 15) is 14.7 Å². The van der Waals surface area contributed by atoms with Crippen LogP contribution >= 0.6 is 0 Å². The van der Waals surface area contributed by atoms with Crippen LogP contribution in [0.1, 0.15) is 28.9 Å². The molecule has 6 nitrogen and oxygen atoms in total. The first-order chi connectivity index (χ1) is 12.0. The van der Waals surface area contributed by atoms with Crippen LogP contribution in [0.3, 0.4) is 0 Å². The van der Waals surface area contributed by atoms with Gasteiger partial charge in [-0.1, -0.05) is 30.3 Å². The van der Waals surface area contributed by atoms with Gasteiger partial charge >= 0.3 is 5.97 Å². The number of pyridine rings is 1. The number of ether oxygens (including phenoxy) is 1. The van der Waals surface area contributed by atoms with Gasteiger partial charge < -0.3 is 20.1 Å². The van der Waals surface area contributed by atoms with Crippen LogP contribution in [0, 0.1) is 0 Å². The number of fused-ring (bicyclic) bond motifs is 1. The third-order valence-electron chi connectivity index (χ3n) is 4.11. The van der Waals surface area contributed by atoms with E-state index in [-0.39, 0.29) is 11.6 Å². The lowest BCUT2D eigenvalue weighted by Gasteiger charge is -2.19. The Kier molecular flexibility index (Phi) is 4.43. The molecule has 0 aliphatic rings. The Morgan fingerprint density at radius 3 is 2.48 bits per heavy atom. The predicted molar refractivity (Wildman–Crippen MR) is 96.6 cm³/mol. The van der Waals surface area contributed by atoms with E-state index in [1.807, 2.05) is 31.2 Å². The third-order valence-corrected chi connectivity index (χ3v) is 4.11. The summed E-state index contributed by atoms with van der Waals surface area (Å²) in [6.07, 6.45) is 0. The topological polar surface area (TPSA) is 91.4 Å². The number of carbonyl (C=O) groups is 1. The van der Waals surface area contributed by atoms with Crippen molar-refractivity contribution in [2.24, 2.45) is 0 Å². The number of anilines is 1. The Hall–Kier alpha value is -3.28. The molecule has 0 aliphatic carbocycles. The van der Waals surface area contributed by atoms with Crippen molar-refractivity contribution in [2.75, 3.05) is 12.4 Å². The highest BCUT2D eigenvalue weighted by atomic mass is 16.5. The van der Waals surface area contributed by atoms with Crippen LogP contribution < -0.4 is 15.6 Å². The molecule has 3 aromatic rings. The summed E-state index contributed by atoms with van der Waals surface area (Å²) in [4.78, 5) is 26.4. The van der Waals surface area contributed by atoms with Crippen molar-refractivity contribution in [3.05, 3.63) is 70.0 Å². The molecule has 128 valence electrons. The molecular formula is C19H18N2O4. The van der Waals surface area contributed by atoms with Crippen LogP contribution in [0.5, 0.6) is 5.75 Å². The summed E-state index contributed by atoms with van der Waals surface area (Å²) in [5, 5.41) is 13.3. The zero-order valence-electron chi connectivity index (χ0n) is 13.9. The van der Waals surface area contributed by atoms with E-state index in [1.165, 1.54) is 0 Å². The minimum Gasteiger partial charge on any atom is -0.497 e. The van der Waals surface area contributed by atoms with Crippen molar-refractivity contribution in [3.8, 4) is 5.75 Å². The number of H-pyrrole nitrogens is 1. The van der Waals surface area contributed by atoms with Crippen molar-refractivity contribution in [3.63, 3.8) is 0 Å². The van der Waals surface area contributed by atoms with E-state index >= 15 is 0 Å². The number of aromatic nitrogens is 1.